The van der Waals surface area contributed by atoms with Crippen molar-refractivity contribution >= 4 is 24.3 Å². The Kier molecular flexibility index (Phi) is 18.7. The van der Waals surface area contributed by atoms with Crippen LogP contribution in [0.25, 0.3) is 35.4 Å². The smallest absolute Gasteiger partial charge is 0.203 e. The molecular weight excluding hydrogens is 781 g/mol. The molecule has 4 atom stereocenters. The highest BCUT2D eigenvalue weighted by Gasteiger charge is 2.45. The Morgan fingerprint density at radius 1 is 0.524 bits per heavy atom. The number of rotatable bonds is 26. The normalized spacial score (nSPS) is 16.4. The van der Waals surface area contributed by atoms with E-state index in [-0.39, 0.29) is 24.2 Å². The molecule has 0 heterocycles. The van der Waals surface area contributed by atoms with E-state index in [0.717, 1.165) is 42.4 Å². The van der Waals surface area contributed by atoms with Crippen molar-refractivity contribution in [1.29, 1.82) is 0 Å². The van der Waals surface area contributed by atoms with Gasteiger partial charge in [-0.1, -0.05) is 154 Å². The van der Waals surface area contributed by atoms with Gasteiger partial charge in [-0.3, -0.25) is 0 Å². The lowest BCUT2D eigenvalue weighted by Gasteiger charge is -2.39. The zero-order valence-corrected chi connectivity index (χ0v) is 40.6. The molecule has 342 valence electrons. The Balaban J connectivity index is 1.65. The van der Waals surface area contributed by atoms with E-state index in [1.54, 1.807) is 21.3 Å². The van der Waals surface area contributed by atoms with Gasteiger partial charge in [0, 0.05) is 11.0 Å². The molecule has 1 N–H and O–H groups in total. The van der Waals surface area contributed by atoms with Crippen LogP contribution in [0.5, 0.6) is 28.7 Å². The standard InChI is InChI=1S/C57H78O6/c1-12-18-20-41(16-5)36-57(37-42(17-6)21-19-13-2)50-31-43(22-24-45-30-47(38-58)55(52(33-45)59-9)62-39(7)14-3)26-28-48(50)49-29-27-44(32-51(49)57)23-25-46-34-53(60-10)56(54(35-46)61-11)63-40(8)15-4/h22-35,39-42,58H,12-21,36-38H2,1-11H3. The van der Waals surface area contributed by atoms with Gasteiger partial charge in [0.2, 0.25) is 5.75 Å². The van der Waals surface area contributed by atoms with Gasteiger partial charge < -0.3 is 28.8 Å². The maximum atomic E-state index is 10.4. The van der Waals surface area contributed by atoms with Crippen molar-refractivity contribution < 1.29 is 28.8 Å². The predicted octanol–water partition coefficient (Wildman–Crippen LogP) is 15.4. The van der Waals surface area contributed by atoms with Crippen LogP contribution in [-0.2, 0) is 12.0 Å². The fourth-order valence-corrected chi connectivity index (χ4v) is 9.38. The number of hydrogen-bond donors (Lipinski definition) is 1. The summed E-state index contributed by atoms with van der Waals surface area (Å²) in [7, 11) is 5.03. The molecule has 5 rings (SSSR count). The van der Waals surface area contributed by atoms with Crippen LogP contribution in [0.2, 0.25) is 0 Å². The summed E-state index contributed by atoms with van der Waals surface area (Å²) < 4.78 is 29.9. The number of unbranched alkanes of at least 4 members (excludes halogenated alkanes) is 2. The maximum Gasteiger partial charge on any atom is 0.203 e. The number of ether oxygens (including phenoxy) is 5. The molecule has 1 aliphatic rings. The Morgan fingerprint density at radius 2 is 0.937 bits per heavy atom. The highest BCUT2D eigenvalue weighted by molar-refractivity contribution is 5.85. The molecule has 0 radical (unpaired) electrons. The fraction of sp³-hybridized carbons (Fsp3) is 0.509. The van der Waals surface area contributed by atoms with Crippen molar-refractivity contribution in [3.63, 3.8) is 0 Å². The average Bonchev–Trinajstić information content (AvgIpc) is 3.57. The van der Waals surface area contributed by atoms with Gasteiger partial charge in [-0.15, -0.1) is 0 Å². The van der Waals surface area contributed by atoms with Gasteiger partial charge in [0.1, 0.15) is 0 Å². The molecule has 4 unspecified atom stereocenters. The summed E-state index contributed by atoms with van der Waals surface area (Å²) >= 11 is 0. The van der Waals surface area contributed by atoms with Crippen molar-refractivity contribution in [3.05, 3.63) is 99.6 Å². The molecule has 6 nitrogen and oxygen atoms in total. The number of benzene rings is 4. The largest absolute Gasteiger partial charge is 0.493 e. The highest BCUT2D eigenvalue weighted by Crippen LogP contribution is 2.57. The molecule has 63 heavy (non-hydrogen) atoms. The van der Waals surface area contributed by atoms with Crippen LogP contribution in [0.3, 0.4) is 0 Å². The minimum atomic E-state index is -0.134. The van der Waals surface area contributed by atoms with Gasteiger partial charge in [-0.25, -0.2) is 0 Å². The minimum absolute atomic E-state index is 0.0115. The van der Waals surface area contributed by atoms with Crippen LogP contribution < -0.4 is 23.7 Å². The molecule has 6 heteroatoms. The van der Waals surface area contributed by atoms with Crippen molar-refractivity contribution in [2.75, 3.05) is 21.3 Å². The van der Waals surface area contributed by atoms with Gasteiger partial charge in [-0.05, 0) is 120 Å². The number of methoxy groups -OCH3 is 3. The summed E-state index contributed by atoms with van der Waals surface area (Å²) in [5.74, 6) is 4.45. The summed E-state index contributed by atoms with van der Waals surface area (Å²) in [6.07, 6.45) is 22.6. The monoisotopic (exact) mass is 859 g/mol. The lowest BCUT2D eigenvalue weighted by molar-refractivity contribution is 0.196. The summed E-state index contributed by atoms with van der Waals surface area (Å²) in [6, 6.07) is 22.4. The lowest BCUT2D eigenvalue weighted by atomic mass is 9.65. The third-order valence-electron chi connectivity index (χ3n) is 13.5. The molecule has 0 bridgehead atoms. The first kappa shape index (κ1) is 49.3. The van der Waals surface area contributed by atoms with Crippen LogP contribution in [0.1, 0.15) is 171 Å². The van der Waals surface area contributed by atoms with E-state index in [1.165, 1.54) is 84.7 Å². The molecule has 0 fully saturated rings. The SMILES string of the molecule is CCCCC(CC)CC1(CC(CC)CCCC)c2cc(C=Cc3cc(CO)c(OC(C)CC)c(OC)c3)ccc2-c2ccc(C=Cc3cc(OC)c(OC(C)CC)c(OC)c3)cc21. The Morgan fingerprint density at radius 3 is 1.33 bits per heavy atom. The van der Waals surface area contributed by atoms with Crippen LogP contribution in [0.15, 0.2) is 60.7 Å². The summed E-state index contributed by atoms with van der Waals surface area (Å²) in [5, 5.41) is 10.4. The summed E-state index contributed by atoms with van der Waals surface area (Å²) in [6.45, 7) is 17.6. The van der Waals surface area contributed by atoms with Crippen molar-refractivity contribution in [2.24, 2.45) is 11.8 Å². The fourth-order valence-electron chi connectivity index (χ4n) is 9.38. The van der Waals surface area contributed by atoms with Gasteiger partial charge in [0.25, 0.3) is 0 Å². The molecule has 0 aliphatic heterocycles. The van der Waals surface area contributed by atoms with E-state index in [2.05, 4.69) is 109 Å². The van der Waals surface area contributed by atoms with Gasteiger partial charge >= 0.3 is 0 Å². The first-order valence-electron chi connectivity index (χ1n) is 24.1. The van der Waals surface area contributed by atoms with Crippen LogP contribution >= 0.6 is 0 Å². The molecule has 0 saturated heterocycles. The highest BCUT2D eigenvalue weighted by atomic mass is 16.5. The molecule has 0 aromatic heterocycles. The number of aliphatic hydroxyl groups is 1. The van der Waals surface area contributed by atoms with E-state index in [0.29, 0.717) is 40.6 Å². The van der Waals surface area contributed by atoms with Crippen LogP contribution in [0.4, 0.5) is 0 Å². The van der Waals surface area contributed by atoms with Gasteiger partial charge in [0.05, 0.1) is 40.1 Å². The Bertz CT molecular complexity index is 1930. The second-order valence-corrected chi connectivity index (χ2v) is 17.9. The second-order valence-electron chi connectivity index (χ2n) is 17.9. The lowest BCUT2D eigenvalue weighted by Crippen LogP contribution is -2.31. The summed E-state index contributed by atoms with van der Waals surface area (Å²) in [4.78, 5) is 0. The first-order valence-corrected chi connectivity index (χ1v) is 24.1. The first-order chi connectivity index (χ1) is 30.5. The number of aliphatic hydroxyl groups excluding tert-OH is 1. The van der Waals surface area contributed by atoms with Crippen LogP contribution in [0, 0.1) is 11.8 Å². The average molecular weight is 859 g/mol. The number of hydrogen-bond acceptors (Lipinski definition) is 6. The maximum absolute atomic E-state index is 10.4. The molecular formula is C57H78O6. The van der Waals surface area contributed by atoms with E-state index in [9.17, 15) is 5.11 Å². The predicted molar refractivity (Wildman–Crippen MR) is 266 cm³/mol. The van der Waals surface area contributed by atoms with Crippen molar-refractivity contribution in [1.82, 2.24) is 0 Å². The van der Waals surface area contributed by atoms with Crippen molar-refractivity contribution in [2.45, 2.75) is 157 Å². The molecule has 1 aliphatic carbocycles. The molecule has 0 amide bonds. The van der Waals surface area contributed by atoms with E-state index in [4.69, 9.17) is 23.7 Å². The zero-order chi connectivity index (χ0) is 45.5. The molecule has 4 aromatic carbocycles. The van der Waals surface area contributed by atoms with E-state index >= 15 is 0 Å². The quantitative estimate of drug-likeness (QED) is 0.0635. The minimum Gasteiger partial charge on any atom is -0.493 e. The van der Waals surface area contributed by atoms with Crippen LogP contribution in [-0.4, -0.2) is 38.6 Å². The van der Waals surface area contributed by atoms with Gasteiger partial charge in [0.15, 0.2) is 23.0 Å². The Hall–Kier alpha value is -4.68. The molecule has 4 aromatic rings. The molecule has 0 saturated carbocycles. The second kappa shape index (κ2) is 23.8. The third-order valence-corrected chi connectivity index (χ3v) is 13.5. The topological polar surface area (TPSA) is 66.4 Å². The van der Waals surface area contributed by atoms with Gasteiger partial charge in [-0.2, -0.15) is 0 Å². The third kappa shape index (κ3) is 11.9. The zero-order valence-electron chi connectivity index (χ0n) is 40.6. The van der Waals surface area contributed by atoms with E-state index in [1.807, 2.05) is 31.2 Å². The summed E-state index contributed by atoms with van der Waals surface area (Å²) in [5.41, 5.74) is 10.5. The van der Waals surface area contributed by atoms with Crippen molar-refractivity contribution in [3.8, 4) is 39.9 Å². The Labute approximate surface area is 381 Å². The number of fused-ring (bicyclic) bond motifs is 3. The molecule has 0 spiro atoms. The van der Waals surface area contributed by atoms with E-state index < -0.39 is 0 Å².